The molecule has 5 rings (SSSR count). The van der Waals surface area contributed by atoms with Crippen molar-refractivity contribution in [2.75, 3.05) is 0 Å². The number of fused-ring (bicyclic) bond motifs is 3. The monoisotopic (exact) mass is 372 g/mol. The number of nitriles is 1. The lowest BCUT2D eigenvalue weighted by molar-refractivity contribution is 1.18. The van der Waals surface area contributed by atoms with Gasteiger partial charge in [0.2, 0.25) is 0 Å². The van der Waals surface area contributed by atoms with Crippen molar-refractivity contribution >= 4 is 21.8 Å². The number of benzene rings is 4. The molecule has 0 fully saturated rings. The Kier molecular flexibility index (Phi) is 3.96. The van der Waals surface area contributed by atoms with E-state index in [2.05, 4.69) is 85.1 Å². The van der Waals surface area contributed by atoms with Crippen molar-refractivity contribution in [2.24, 2.45) is 0 Å². The van der Waals surface area contributed by atoms with Crippen molar-refractivity contribution in [3.05, 3.63) is 102 Å². The number of nitrogens with zero attached hydrogens (tertiary/aromatic N) is 2. The molecule has 0 aliphatic carbocycles. The van der Waals surface area contributed by atoms with E-state index in [1.165, 1.54) is 32.9 Å². The Bertz CT molecular complexity index is 1350. The van der Waals surface area contributed by atoms with Crippen LogP contribution in [0.25, 0.3) is 38.6 Å². The van der Waals surface area contributed by atoms with Crippen LogP contribution in [-0.4, -0.2) is 4.57 Å². The van der Waals surface area contributed by atoms with E-state index in [4.69, 9.17) is 5.26 Å². The van der Waals surface area contributed by atoms with E-state index in [1.807, 2.05) is 24.3 Å². The SMILES string of the molecule is Cc1ccc2c(c1)c1cc(C)ccc1n2-c1ccccc1-c1ccc(C#N)cc1. The molecule has 0 bridgehead atoms. The maximum absolute atomic E-state index is 9.13. The predicted octanol–water partition coefficient (Wildman–Crippen LogP) is 6.94. The van der Waals surface area contributed by atoms with Gasteiger partial charge < -0.3 is 4.57 Å². The Balaban J connectivity index is 1.86. The van der Waals surface area contributed by atoms with E-state index in [0.717, 1.165) is 16.8 Å². The van der Waals surface area contributed by atoms with Gasteiger partial charge in [0.05, 0.1) is 28.4 Å². The molecule has 1 aromatic heterocycles. The average molecular weight is 372 g/mol. The molecule has 1 heterocycles. The van der Waals surface area contributed by atoms with Gasteiger partial charge in [-0.1, -0.05) is 53.6 Å². The molecule has 0 saturated heterocycles. The average Bonchev–Trinajstić information content (AvgIpc) is 3.06. The fraction of sp³-hybridized carbons (Fsp3) is 0.0741. The van der Waals surface area contributed by atoms with Gasteiger partial charge in [-0.3, -0.25) is 0 Å². The Morgan fingerprint density at radius 3 is 1.86 bits per heavy atom. The van der Waals surface area contributed by atoms with Crippen LogP contribution in [0.15, 0.2) is 84.9 Å². The van der Waals surface area contributed by atoms with E-state index in [9.17, 15) is 0 Å². The summed E-state index contributed by atoms with van der Waals surface area (Å²) in [5.41, 5.74) is 9.01. The molecule has 0 atom stereocenters. The first-order chi connectivity index (χ1) is 14.2. The molecule has 5 aromatic rings. The smallest absolute Gasteiger partial charge is 0.0991 e. The summed E-state index contributed by atoms with van der Waals surface area (Å²) in [5.74, 6) is 0. The molecule has 138 valence electrons. The molecule has 0 N–H and O–H groups in total. The van der Waals surface area contributed by atoms with Gasteiger partial charge in [0.15, 0.2) is 0 Å². The number of rotatable bonds is 2. The summed E-state index contributed by atoms with van der Waals surface area (Å²) >= 11 is 0. The molecule has 0 amide bonds. The van der Waals surface area contributed by atoms with Crippen LogP contribution in [0.4, 0.5) is 0 Å². The second-order valence-corrected chi connectivity index (χ2v) is 7.58. The lowest BCUT2D eigenvalue weighted by Crippen LogP contribution is -1.97. The van der Waals surface area contributed by atoms with Crippen LogP contribution >= 0.6 is 0 Å². The molecule has 4 aromatic carbocycles. The van der Waals surface area contributed by atoms with Gasteiger partial charge in [-0.2, -0.15) is 5.26 Å². The van der Waals surface area contributed by atoms with Crippen LogP contribution in [-0.2, 0) is 0 Å². The summed E-state index contributed by atoms with van der Waals surface area (Å²) in [5, 5.41) is 11.7. The lowest BCUT2D eigenvalue weighted by Gasteiger charge is -2.14. The van der Waals surface area contributed by atoms with Crippen molar-refractivity contribution in [3.63, 3.8) is 0 Å². The molecular weight excluding hydrogens is 352 g/mol. The fourth-order valence-corrected chi connectivity index (χ4v) is 4.15. The Morgan fingerprint density at radius 1 is 0.690 bits per heavy atom. The highest BCUT2D eigenvalue weighted by atomic mass is 15.0. The molecule has 0 aliphatic rings. The van der Waals surface area contributed by atoms with Crippen LogP contribution in [0, 0.1) is 25.2 Å². The summed E-state index contributed by atoms with van der Waals surface area (Å²) < 4.78 is 2.36. The van der Waals surface area contributed by atoms with Crippen molar-refractivity contribution in [3.8, 4) is 22.9 Å². The van der Waals surface area contributed by atoms with E-state index in [0.29, 0.717) is 5.56 Å². The summed E-state index contributed by atoms with van der Waals surface area (Å²) in [6.07, 6.45) is 0. The van der Waals surface area contributed by atoms with Gasteiger partial charge in [0.1, 0.15) is 0 Å². The highest BCUT2D eigenvalue weighted by molar-refractivity contribution is 6.10. The third-order valence-electron chi connectivity index (χ3n) is 5.55. The largest absolute Gasteiger partial charge is 0.309 e. The lowest BCUT2D eigenvalue weighted by atomic mass is 10.0. The number of para-hydroxylation sites is 1. The van der Waals surface area contributed by atoms with Crippen LogP contribution in [0.3, 0.4) is 0 Å². The second-order valence-electron chi connectivity index (χ2n) is 7.58. The Hall–Kier alpha value is -3.83. The van der Waals surface area contributed by atoms with Crippen molar-refractivity contribution < 1.29 is 0 Å². The van der Waals surface area contributed by atoms with Crippen LogP contribution in [0.1, 0.15) is 16.7 Å². The van der Waals surface area contributed by atoms with Crippen LogP contribution in [0.2, 0.25) is 0 Å². The standard InChI is InChI=1S/C27H20N2/c1-18-7-13-26-23(15-18)24-16-19(2)8-14-27(24)29(26)25-6-4-3-5-22(25)21-11-9-20(17-28)10-12-21/h3-16H,1-2H3. The van der Waals surface area contributed by atoms with Crippen LogP contribution in [0.5, 0.6) is 0 Å². The van der Waals surface area contributed by atoms with E-state index >= 15 is 0 Å². The third kappa shape index (κ3) is 2.80. The number of hydrogen-bond donors (Lipinski definition) is 0. The number of aryl methyl sites for hydroxylation is 2. The van der Waals surface area contributed by atoms with E-state index < -0.39 is 0 Å². The second kappa shape index (κ2) is 6.65. The van der Waals surface area contributed by atoms with Gasteiger partial charge >= 0.3 is 0 Å². The highest BCUT2D eigenvalue weighted by Crippen LogP contribution is 2.36. The maximum atomic E-state index is 9.13. The molecule has 2 nitrogen and oxygen atoms in total. The highest BCUT2D eigenvalue weighted by Gasteiger charge is 2.15. The summed E-state index contributed by atoms with van der Waals surface area (Å²) in [6.45, 7) is 4.28. The molecule has 0 unspecified atom stereocenters. The molecule has 0 spiro atoms. The van der Waals surface area contributed by atoms with E-state index in [1.54, 1.807) is 0 Å². The van der Waals surface area contributed by atoms with Crippen molar-refractivity contribution in [1.82, 2.24) is 4.57 Å². The van der Waals surface area contributed by atoms with E-state index in [-0.39, 0.29) is 0 Å². The first-order valence-electron chi connectivity index (χ1n) is 9.77. The van der Waals surface area contributed by atoms with Crippen molar-refractivity contribution in [2.45, 2.75) is 13.8 Å². The van der Waals surface area contributed by atoms with Gasteiger partial charge in [-0.25, -0.2) is 0 Å². The normalized spacial score (nSPS) is 11.1. The molecule has 0 saturated carbocycles. The molecule has 0 aliphatic heterocycles. The summed E-state index contributed by atoms with van der Waals surface area (Å²) in [6, 6.07) is 31.8. The first kappa shape index (κ1) is 17.3. The topological polar surface area (TPSA) is 28.7 Å². The molecular formula is C27H20N2. The summed E-state index contributed by atoms with van der Waals surface area (Å²) in [4.78, 5) is 0. The number of hydrogen-bond acceptors (Lipinski definition) is 1. The maximum Gasteiger partial charge on any atom is 0.0991 e. The minimum Gasteiger partial charge on any atom is -0.309 e. The summed E-state index contributed by atoms with van der Waals surface area (Å²) in [7, 11) is 0. The van der Waals surface area contributed by atoms with Gasteiger partial charge in [0.25, 0.3) is 0 Å². The Morgan fingerprint density at radius 2 is 1.28 bits per heavy atom. The minimum absolute atomic E-state index is 0.675. The van der Waals surface area contributed by atoms with Crippen molar-refractivity contribution in [1.29, 1.82) is 5.26 Å². The van der Waals surface area contributed by atoms with Crippen LogP contribution < -0.4 is 0 Å². The van der Waals surface area contributed by atoms with Gasteiger partial charge in [-0.15, -0.1) is 0 Å². The predicted molar refractivity (Wildman–Crippen MR) is 120 cm³/mol. The zero-order chi connectivity index (χ0) is 20.0. The Labute approximate surface area is 170 Å². The minimum atomic E-state index is 0.675. The van der Waals surface area contributed by atoms with Gasteiger partial charge in [-0.05, 0) is 61.9 Å². The fourth-order valence-electron chi connectivity index (χ4n) is 4.15. The molecule has 0 radical (unpaired) electrons. The first-order valence-corrected chi connectivity index (χ1v) is 9.77. The molecule has 2 heteroatoms. The van der Waals surface area contributed by atoms with Gasteiger partial charge in [0, 0.05) is 16.3 Å². The quantitative estimate of drug-likeness (QED) is 0.330. The number of aromatic nitrogens is 1. The third-order valence-corrected chi connectivity index (χ3v) is 5.55. The molecule has 29 heavy (non-hydrogen) atoms. The zero-order valence-electron chi connectivity index (χ0n) is 16.5. The zero-order valence-corrected chi connectivity index (χ0v) is 16.5.